The maximum atomic E-state index is 12.5. The number of imidazole rings is 1. The highest BCUT2D eigenvalue weighted by Gasteiger charge is 2.32. The molecule has 0 saturated heterocycles. The maximum Gasteiger partial charge on any atom is 0.248 e. The van der Waals surface area contributed by atoms with Crippen molar-refractivity contribution in [2.24, 2.45) is 0 Å². The third-order valence-corrected chi connectivity index (χ3v) is 3.77. The topological polar surface area (TPSA) is 89.6 Å². The van der Waals surface area contributed by atoms with Crippen LogP contribution in [0, 0.1) is 0 Å². The van der Waals surface area contributed by atoms with Gasteiger partial charge in [0.25, 0.3) is 0 Å². The molecule has 3 rings (SSSR count). The van der Waals surface area contributed by atoms with E-state index in [9.17, 15) is 9.59 Å². The number of rotatable bonds is 5. The number of hydrogen-bond donors (Lipinski definition) is 1. The Morgan fingerprint density at radius 2 is 2.39 bits per heavy atom. The van der Waals surface area contributed by atoms with Gasteiger partial charge in [-0.3, -0.25) is 9.59 Å². The van der Waals surface area contributed by atoms with Crippen LogP contribution in [0.15, 0.2) is 35.3 Å². The van der Waals surface area contributed by atoms with Gasteiger partial charge >= 0.3 is 0 Å². The molecule has 1 N–H and O–H groups in total. The molecular formula is C15H18N4O4. The van der Waals surface area contributed by atoms with Crippen LogP contribution >= 0.6 is 0 Å². The van der Waals surface area contributed by atoms with Crippen molar-refractivity contribution < 1.29 is 18.7 Å². The molecule has 0 radical (unpaired) electrons. The molecule has 3 heterocycles. The largest absolute Gasteiger partial charge is 0.467 e. The minimum atomic E-state index is -0.517. The standard InChI is InChI=1S/C15H18N4O4/c1-22-9-14(20)18-7-11-5-16-10-19(11)13(8-18)15(21)17-6-12-3-2-4-23-12/h2-5,10,13H,6-9H2,1H3,(H,17,21)/t13-/m1/s1. The molecule has 122 valence electrons. The van der Waals surface area contributed by atoms with E-state index < -0.39 is 6.04 Å². The molecule has 0 fully saturated rings. The van der Waals surface area contributed by atoms with Gasteiger partial charge in [0.15, 0.2) is 0 Å². The van der Waals surface area contributed by atoms with E-state index in [1.165, 1.54) is 7.11 Å². The van der Waals surface area contributed by atoms with Gasteiger partial charge in [-0.05, 0) is 12.1 Å². The molecule has 1 aliphatic rings. The van der Waals surface area contributed by atoms with Gasteiger partial charge in [0.2, 0.25) is 11.8 Å². The summed E-state index contributed by atoms with van der Waals surface area (Å²) in [6.07, 6.45) is 4.84. The molecule has 8 nitrogen and oxygen atoms in total. The number of ether oxygens (including phenoxy) is 1. The predicted octanol–water partition coefficient (Wildman–Crippen LogP) is 0.322. The first kappa shape index (κ1) is 15.3. The Balaban J connectivity index is 1.72. The molecule has 0 spiro atoms. The maximum absolute atomic E-state index is 12.5. The zero-order chi connectivity index (χ0) is 16.2. The fourth-order valence-electron chi connectivity index (χ4n) is 2.61. The molecule has 2 aromatic heterocycles. The number of methoxy groups -OCH3 is 1. The summed E-state index contributed by atoms with van der Waals surface area (Å²) in [5.41, 5.74) is 0.818. The van der Waals surface area contributed by atoms with Gasteiger partial charge in [0.05, 0.1) is 37.9 Å². The number of nitrogens with one attached hydrogen (secondary N) is 1. The Labute approximate surface area is 133 Å². The summed E-state index contributed by atoms with van der Waals surface area (Å²) in [6, 6.07) is 3.04. The highest BCUT2D eigenvalue weighted by molar-refractivity contribution is 5.83. The van der Waals surface area contributed by atoms with Crippen LogP contribution < -0.4 is 5.32 Å². The third-order valence-electron chi connectivity index (χ3n) is 3.77. The monoisotopic (exact) mass is 318 g/mol. The lowest BCUT2D eigenvalue weighted by Gasteiger charge is -2.33. The fourth-order valence-corrected chi connectivity index (χ4v) is 2.61. The molecular weight excluding hydrogens is 300 g/mol. The first-order valence-corrected chi connectivity index (χ1v) is 7.26. The summed E-state index contributed by atoms with van der Waals surface area (Å²) >= 11 is 0. The van der Waals surface area contributed by atoms with Crippen molar-refractivity contribution in [2.45, 2.75) is 19.1 Å². The van der Waals surface area contributed by atoms with Crippen molar-refractivity contribution in [3.05, 3.63) is 42.4 Å². The van der Waals surface area contributed by atoms with Crippen LogP contribution in [-0.4, -0.2) is 46.5 Å². The number of nitrogens with zero attached hydrogens (tertiary/aromatic N) is 3. The Bertz CT molecular complexity index is 679. The molecule has 0 saturated carbocycles. The minimum absolute atomic E-state index is 0.00509. The van der Waals surface area contributed by atoms with Crippen molar-refractivity contribution in [1.29, 1.82) is 0 Å². The lowest BCUT2D eigenvalue weighted by molar-refractivity contribution is -0.138. The highest BCUT2D eigenvalue weighted by Crippen LogP contribution is 2.21. The van der Waals surface area contributed by atoms with E-state index in [0.717, 1.165) is 5.69 Å². The van der Waals surface area contributed by atoms with Crippen LogP contribution in [0.5, 0.6) is 0 Å². The molecule has 0 aromatic carbocycles. The van der Waals surface area contributed by atoms with E-state index in [2.05, 4.69) is 10.3 Å². The van der Waals surface area contributed by atoms with Gasteiger partial charge in [-0.1, -0.05) is 0 Å². The Morgan fingerprint density at radius 1 is 1.52 bits per heavy atom. The number of fused-ring (bicyclic) bond motifs is 1. The second-order valence-corrected chi connectivity index (χ2v) is 5.31. The van der Waals surface area contributed by atoms with Gasteiger partial charge in [-0.15, -0.1) is 0 Å². The first-order chi connectivity index (χ1) is 11.2. The number of carbonyl (C=O) groups is 2. The van der Waals surface area contributed by atoms with Gasteiger partial charge in [-0.25, -0.2) is 4.98 Å². The Kier molecular flexibility index (Phi) is 4.42. The van der Waals surface area contributed by atoms with Gasteiger partial charge < -0.3 is 23.9 Å². The molecule has 23 heavy (non-hydrogen) atoms. The summed E-state index contributed by atoms with van der Waals surface area (Å²) < 4.78 is 11.9. The number of furan rings is 1. The molecule has 0 bridgehead atoms. The molecule has 2 aromatic rings. The predicted molar refractivity (Wildman–Crippen MR) is 79.1 cm³/mol. The van der Waals surface area contributed by atoms with Crippen LogP contribution in [0.3, 0.4) is 0 Å². The van der Waals surface area contributed by atoms with E-state index in [-0.39, 0.29) is 25.0 Å². The van der Waals surface area contributed by atoms with Crippen molar-refractivity contribution in [2.75, 3.05) is 20.3 Å². The average Bonchev–Trinajstić information content (AvgIpc) is 3.22. The van der Waals surface area contributed by atoms with Crippen molar-refractivity contribution in [1.82, 2.24) is 19.8 Å². The number of carbonyl (C=O) groups excluding carboxylic acids is 2. The number of hydrogen-bond acceptors (Lipinski definition) is 5. The average molecular weight is 318 g/mol. The van der Waals surface area contributed by atoms with Crippen molar-refractivity contribution in [3.63, 3.8) is 0 Å². The van der Waals surface area contributed by atoms with Crippen LogP contribution in [0.1, 0.15) is 17.5 Å². The van der Waals surface area contributed by atoms with Crippen LogP contribution in [0.2, 0.25) is 0 Å². The first-order valence-electron chi connectivity index (χ1n) is 7.26. The second kappa shape index (κ2) is 6.66. The van der Waals surface area contributed by atoms with E-state index in [1.807, 2.05) is 0 Å². The Hall–Kier alpha value is -2.61. The molecule has 0 unspecified atom stereocenters. The molecule has 1 atom stereocenters. The van der Waals surface area contributed by atoms with Gasteiger partial charge in [0.1, 0.15) is 18.4 Å². The van der Waals surface area contributed by atoms with Crippen LogP contribution in [0.4, 0.5) is 0 Å². The number of aromatic nitrogens is 2. The van der Waals surface area contributed by atoms with E-state index in [1.54, 1.807) is 40.4 Å². The SMILES string of the molecule is COCC(=O)N1Cc2cncn2[C@@H](C(=O)NCc2ccco2)C1. The van der Waals surface area contributed by atoms with E-state index in [4.69, 9.17) is 9.15 Å². The lowest BCUT2D eigenvalue weighted by atomic mass is 10.1. The number of amides is 2. The van der Waals surface area contributed by atoms with Crippen LogP contribution in [-0.2, 0) is 27.4 Å². The smallest absolute Gasteiger partial charge is 0.248 e. The zero-order valence-corrected chi connectivity index (χ0v) is 12.8. The van der Waals surface area contributed by atoms with Gasteiger partial charge in [-0.2, -0.15) is 0 Å². The molecule has 0 aliphatic carbocycles. The quantitative estimate of drug-likeness (QED) is 0.857. The molecule has 8 heteroatoms. The highest BCUT2D eigenvalue weighted by atomic mass is 16.5. The summed E-state index contributed by atoms with van der Waals surface area (Å²) in [5.74, 6) is 0.340. The van der Waals surface area contributed by atoms with Gasteiger partial charge in [0, 0.05) is 13.3 Å². The van der Waals surface area contributed by atoms with E-state index in [0.29, 0.717) is 18.8 Å². The summed E-state index contributed by atoms with van der Waals surface area (Å²) in [7, 11) is 1.47. The van der Waals surface area contributed by atoms with E-state index >= 15 is 0 Å². The normalized spacial score (nSPS) is 16.9. The summed E-state index contributed by atoms with van der Waals surface area (Å²) in [6.45, 7) is 1.01. The minimum Gasteiger partial charge on any atom is -0.467 e. The fraction of sp³-hybridized carbons (Fsp3) is 0.400. The lowest BCUT2D eigenvalue weighted by Crippen LogP contribution is -2.47. The van der Waals surface area contributed by atoms with Crippen molar-refractivity contribution >= 4 is 11.8 Å². The summed E-state index contributed by atoms with van der Waals surface area (Å²) in [4.78, 5) is 30.3. The van der Waals surface area contributed by atoms with Crippen molar-refractivity contribution in [3.8, 4) is 0 Å². The zero-order valence-electron chi connectivity index (χ0n) is 12.8. The second-order valence-electron chi connectivity index (χ2n) is 5.31. The third kappa shape index (κ3) is 3.26. The molecule has 2 amide bonds. The van der Waals surface area contributed by atoms with Crippen LogP contribution in [0.25, 0.3) is 0 Å². The Morgan fingerprint density at radius 3 is 3.13 bits per heavy atom. The summed E-state index contributed by atoms with van der Waals surface area (Å²) in [5, 5.41) is 2.83. The molecule has 1 aliphatic heterocycles.